The zero-order valence-electron chi connectivity index (χ0n) is 8.68. The molecular formula is C10H15N3O2. The second-order valence-corrected chi connectivity index (χ2v) is 3.34. The Bertz CT molecular complexity index is 301. The summed E-state index contributed by atoms with van der Waals surface area (Å²) in [4.78, 5) is 19.1. The van der Waals surface area contributed by atoms with Crippen molar-refractivity contribution in [1.82, 2.24) is 15.3 Å². The first-order valence-electron chi connectivity index (χ1n) is 4.92. The number of aromatic nitrogens is 2. The molecule has 1 atom stereocenters. The monoisotopic (exact) mass is 209 g/mol. The van der Waals surface area contributed by atoms with E-state index in [9.17, 15) is 4.79 Å². The molecule has 0 radical (unpaired) electrons. The van der Waals surface area contributed by atoms with Crippen LogP contribution in [0.1, 0.15) is 30.3 Å². The van der Waals surface area contributed by atoms with Crippen LogP contribution in [0.25, 0.3) is 0 Å². The van der Waals surface area contributed by atoms with Gasteiger partial charge in [0.05, 0.1) is 12.3 Å². The van der Waals surface area contributed by atoms with Gasteiger partial charge < -0.3 is 10.4 Å². The molecule has 1 aromatic rings. The molecule has 2 N–H and O–H groups in total. The Morgan fingerprint density at radius 2 is 2.40 bits per heavy atom. The minimum Gasteiger partial charge on any atom is -0.393 e. The summed E-state index contributed by atoms with van der Waals surface area (Å²) >= 11 is 0. The third-order valence-electron chi connectivity index (χ3n) is 1.88. The molecule has 0 aliphatic carbocycles. The number of hydrogen-bond donors (Lipinski definition) is 2. The fourth-order valence-electron chi connectivity index (χ4n) is 1.11. The van der Waals surface area contributed by atoms with E-state index in [0.29, 0.717) is 18.7 Å². The van der Waals surface area contributed by atoms with E-state index >= 15 is 0 Å². The molecule has 0 aromatic carbocycles. The molecule has 5 heteroatoms. The summed E-state index contributed by atoms with van der Waals surface area (Å²) in [6, 6.07) is 0. The third kappa shape index (κ3) is 4.51. The van der Waals surface area contributed by atoms with Crippen molar-refractivity contribution in [1.29, 1.82) is 0 Å². The summed E-state index contributed by atoms with van der Waals surface area (Å²) in [6.45, 7) is 2.27. The Morgan fingerprint density at radius 1 is 1.60 bits per heavy atom. The van der Waals surface area contributed by atoms with Gasteiger partial charge in [-0.25, -0.2) is 4.98 Å². The quantitative estimate of drug-likeness (QED) is 0.687. The smallest absolute Gasteiger partial charge is 0.271 e. The normalized spacial score (nSPS) is 12.1. The van der Waals surface area contributed by atoms with Crippen LogP contribution in [-0.2, 0) is 0 Å². The number of aliphatic hydroxyl groups is 1. The van der Waals surface area contributed by atoms with Crippen molar-refractivity contribution in [3.05, 3.63) is 24.3 Å². The van der Waals surface area contributed by atoms with Gasteiger partial charge in [-0.2, -0.15) is 0 Å². The van der Waals surface area contributed by atoms with Gasteiger partial charge in [0, 0.05) is 18.9 Å². The van der Waals surface area contributed by atoms with Crippen molar-refractivity contribution in [2.75, 3.05) is 6.54 Å². The Balaban J connectivity index is 2.25. The largest absolute Gasteiger partial charge is 0.393 e. The van der Waals surface area contributed by atoms with Gasteiger partial charge in [-0.05, 0) is 19.8 Å². The van der Waals surface area contributed by atoms with Crippen LogP contribution in [0.2, 0.25) is 0 Å². The fraction of sp³-hybridized carbons (Fsp3) is 0.500. The first kappa shape index (κ1) is 11.6. The molecule has 0 bridgehead atoms. The summed E-state index contributed by atoms with van der Waals surface area (Å²) in [7, 11) is 0. The molecule has 15 heavy (non-hydrogen) atoms. The molecule has 0 fully saturated rings. The van der Waals surface area contributed by atoms with Crippen LogP contribution in [0, 0.1) is 0 Å². The summed E-state index contributed by atoms with van der Waals surface area (Å²) < 4.78 is 0. The second kappa shape index (κ2) is 6.08. The average Bonchev–Trinajstić information content (AvgIpc) is 2.25. The first-order chi connectivity index (χ1) is 7.20. The van der Waals surface area contributed by atoms with E-state index in [1.54, 1.807) is 6.92 Å². The van der Waals surface area contributed by atoms with E-state index in [1.165, 1.54) is 18.6 Å². The minimum atomic E-state index is -0.321. The molecule has 0 saturated heterocycles. The zero-order chi connectivity index (χ0) is 11.1. The number of hydrogen-bond acceptors (Lipinski definition) is 4. The molecule has 1 rings (SSSR count). The second-order valence-electron chi connectivity index (χ2n) is 3.34. The van der Waals surface area contributed by atoms with Crippen LogP contribution in [0.3, 0.4) is 0 Å². The van der Waals surface area contributed by atoms with E-state index < -0.39 is 0 Å². The Kier molecular flexibility index (Phi) is 4.70. The molecule has 5 nitrogen and oxygen atoms in total. The van der Waals surface area contributed by atoms with Gasteiger partial charge in [0.25, 0.3) is 5.91 Å². The standard InChI is InChI=1S/C10H15N3O2/c1-8(14)3-2-4-13-10(15)9-7-11-5-6-12-9/h5-8,14H,2-4H2,1H3,(H,13,15). The number of aliphatic hydroxyl groups excluding tert-OH is 1. The lowest BCUT2D eigenvalue weighted by Gasteiger charge is -2.05. The Labute approximate surface area is 88.6 Å². The van der Waals surface area contributed by atoms with Gasteiger partial charge in [-0.1, -0.05) is 0 Å². The fourth-order valence-corrected chi connectivity index (χ4v) is 1.11. The highest BCUT2D eigenvalue weighted by atomic mass is 16.3. The van der Waals surface area contributed by atoms with Crippen LogP contribution >= 0.6 is 0 Å². The number of nitrogens with zero attached hydrogens (tertiary/aromatic N) is 2. The van der Waals surface area contributed by atoms with Crippen LogP contribution in [0.15, 0.2) is 18.6 Å². The molecule has 0 aliphatic rings. The number of rotatable bonds is 5. The van der Waals surface area contributed by atoms with E-state index in [-0.39, 0.29) is 12.0 Å². The average molecular weight is 209 g/mol. The van der Waals surface area contributed by atoms with Crippen molar-refractivity contribution < 1.29 is 9.90 Å². The zero-order valence-corrected chi connectivity index (χ0v) is 8.68. The van der Waals surface area contributed by atoms with Gasteiger partial charge in [0.15, 0.2) is 0 Å². The third-order valence-corrected chi connectivity index (χ3v) is 1.88. The number of carbonyl (C=O) groups excluding carboxylic acids is 1. The highest BCUT2D eigenvalue weighted by Crippen LogP contribution is 1.95. The molecule has 0 saturated carbocycles. The van der Waals surface area contributed by atoms with Crippen LogP contribution in [-0.4, -0.2) is 33.6 Å². The topological polar surface area (TPSA) is 75.1 Å². The molecule has 0 aliphatic heterocycles. The number of amides is 1. The SMILES string of the molecule is CC(O)CCCNC(=O)c1cnccn1. The van der Waals surface area contributed by atoms with Gasteiger partial charge >= 0.3 is 0 Å². The molecule has 1 unspecified atom stereocenters. The van der Waals surface area contributed by atoms with Crippen molar-refractivity contribution in [2.45, 2.75) is 25.9 Å². The molecule has 1 amide bonds. The lowest BCUT2D eigenvalue weighted by atomic mass is 10.2. The molecular weight excluding hydrogens is 194 g/mol. The Hall–Kier alpha value is -1.49. The van der Waals surface area contributed by atoms with Crippen LogP contribution in [0.5, 0.6) is 0 Å². The van der Waals surface area contributed by atoms with Crippen LogP contribution in [0.4, 0.5) is 0 Å². The summed E-state index contributed by atoms with van der Waals surface area (Å²) in [5.41, 5.74) is 0.314. The predicted molar refractivity (Wildman–Crippen MR) is 55.3 cm³/mol. The van der Waals surface area contributed by atoms with E-state index in [2.05, 4.69) is 15.3 Å². The number of nitrogens with one attached hydrogen (secondary N) is 1. The first-order valence-corrected chi connectivity index (χ1v) is 4.92. The highest BCUT2D eigenvalue weighted by molar-refractivity contribution is 5.91. The summed E-state index contributed by atoms with van der Waals surface area (Å²) in [5, 5.41) is 11.7. The van der Waals surface area contributed by atoms with Crippen molar-refractivity contribution in [3.63, 3.8) is 0 Å². The van der Waals surface area contributed by atoms with E-state index in [1.807, 2.05) is 0 Å². The number of carbonyl (C=O) groups is 1. The van der Waals surface area contributed by atoms with Crippen molar-refractivity contribution in [2.24, 2.45) is 0 Å². The van der Waals surface area contributed by atoms with Crippen molar-refractivity contribution >= 4 is 5.91 Å². The van der Waals surface area contributed by atoms with Gasteiger partial charge in [0.1, 0.15) is 5.69 Å². The maximum atomic E-state index is 11.4. The maximum Gasteiger partial charge on any atom is 0.271 e. The molecule has 82 valence electrons. The van der Waals surface area contributed by atoms with Gasteiger partial charge in [0.2, 0.25) is 0 Å². The molecule has 1 heterocycles. The predicted octanol–water partition coefficient (Wildman–Crippen LogP) is 0.367. The van der Waals surface area contributed by atoms with Gasteiger partial charge in [-0.15, -0.1) is 0 Å². The Morgan fingerprint density at radius 3 is 3.00 bits per heavy atom. The van der Waals surface area contributed by atoms with E-state index in [0.717, 1.165) is 6.42 Å². The molecule has 1 aromatic heterocycles. The lowest BCUT2D eigenvalue weighted by molar-refractivity contribution is 0.0944. The summed E-state index contributed by atoms with van der Waals surface area (Å²) in [5.74, 6) is -0.228. The molecule has 0 spiro atoms. The van der Waals surface area contributed by atoms with Gasteiger partial charge in [-0.3, -0.25) is 9.78 Å². The summed E-state index contributed by atoms with van der Waals surface area (Å²) in [6.07, 6.45) is 5.53. The van der Waals surface area contributed by atoms with Crippen LogP contribution < -0.4 is 5.32 Å². The minimum absolute atomic E-state index is 0.228. The highest BCUT2D eigenvalue weighted by Gasteiger charge is 2.05. The van der Waals surface area contributed by atoms with E-state index in [4.69, 9.17) is 5.11 Å². The van der Waals surface area contributed by atoms with Crippen molar-refractivity contribution in [3.8, 4) is 0 Å². The maximum absolute atomic E-state index is 11.4. The lowest BCUT2D eigenvalue weighted by Crippen LogP contribution is -2.25.